The van der Waals surface area contributed by atoms with E-state index in [1.165, 1.54) is 19.3 Å². The summed E-state index contributed by atoms with van der Waals surface area (Å²) in [5, 5.41) is 4.21. The Hall–Kier alpha value is -1.29. The van der Waals surface area contributed by atoms with Crippen LogP contribution in [0.2, 0.25) is 0 Å². The van der Waals surface area contributed by atoms with Crippen molar-refractivity contribution in [3.05, 3.63) is 17.5 Å². The maximum absolute atomic E-state index is 6.00. The summed E-state index contributed by atoms with van der Waals surface area (Å²) in [7, 11) is 0. The minimum absolute atomic E-state index is 0.0339. The third-order valence-electron chi connectivity index (χ3n) is 3.98. The molecule has 2 heterocycles. The molecule has 0 saturated heterocycles. The van der Waals surface area contributed by atoms with Gasteiger partial charge >= 0.3 is 0 Å². The first-order chi connectivity index (χ1) is 8.25. The van der Waals surface area contributed by atoms with Crippen LogP contribution < -0.4 is 5.73 Å². The minimum atomic E-state index is -0.0339. The van der Waals surface area contributed by atoms with E-state index < -0.39 is 0 Å². The predicted molar refractivity (Wildman–Crippen MR) is 64.8 cm³/mol. The molecule has 0 atom stereocenters. The average Bonchev–Trinajstić information content (AvgIpc) is 2.88. The number of aromatic nitrogens is 1. The van der Waals surface area contributed by atoms with Crippen LogP contribution >= 0.6 is 0 Å². The van der Waals surface area contributed by atoms with Crippen LogP contribution in [0.4, 0.5) is 0 Å². The summed E-state index contributed by atoms with van der Waals surface area (Å²) in [6.07, 6.45) is 5.90. The molecule has 1 saturated carbocycles. The predicted octanol–water partition coefficient (Wildman–Crippen LogP) is 2.89. The Labute approximate surface area is 100 Å². The second kappa shape index (κ2) is 3.88. The number of rotatable bonds is 2. The number of fused-ring (bicyclic) bond motifs is 1. The van der Waals surface area contributed by atoms with Crippen molar-refractivity contribution in [3.8, 4) is 0 Å². The van der Waals surface area contributed by atoms with Gasteiger partial charge in [-0.15, -0.1) is 0 Å². The molecule has 4 heteroatoms. The number of hydrogen-bond acceptors (Lipinski definition) is 4. The third-order valence-corrected chi connectivity index (χ3v) is 3.98. The second-order valence-electron chi connectivity index (χ2n) is 5.13. The zero-order valence-electron chi connectivity index (χ0n) is 10.2. The van der Waals surface area contributed by atoms with Gasteiger partial charge in [0, 0.05) is 18.0 Å². The van der Waals surface area contributed by atoms with E-state index >= 15 is 0 Å². The van der Waals surface area contributed by atoms with Crippen LogP contribution in [0.5, 0.6) is 0 Å². The summed E-state index contributed by atoms with van der Waals surface area (Å²) in [5.74, 6) is 0.866. The van der Waals surface area contributed by atoms with Crippen LogP contribution in [0.1, 0.15) is 43.6 Å². The number of nitrogens with zero attached hydrogens (tertiary/aromatic N) is 1. The fourth-order valence-corrected chi connectivity index (χ4v) is 2.96. The molecule has 4 nitrogen and oxygen atoms in total. The van der Waals surface area contributed by atoms with Gasteiger partial charge in [0.2, 0.25) is 5.58 Å². The molecule has 2 aromatic heterocycles. The van der Waals surface area contributed by atoms with E-state index in [1.54, 1.807) is 0 Å². The molecule has 0 aromatic carbocycles. The van der Waals surface area contributed by atoms with E-state index in [0.29, 0.717) is 6.54 Å². The summed E-state index contributed by atoms with van der Waals surface area (Å²) < 4.78 is 11.1. The molecule has 0 amide bonds. The molecule has 0 spiro atoms. The number of aryl methyl sites for hydroxylation is 1. The van der Waals surface area contributed by atoms with E-state index in [2.05, 4.69) is 5.16 Å². The van der Waals surface area contributed by atoms with Crippen molar-refractivity contribution in [3.63, 3.8) is 0 Å². The van der Waals surface area contributed by atoms with E-state index in [4.69, 9.17) is 14.7 Å². The van der Waals surface area contributed by atoms with Crippen molar-refractivity contribution >= 4 is 11.2 Å². The average molecular weight is 234 g/mol. The van der Waals surface area contributed by atoms with E-state index in [-0.39, 0.29) is 5.41 Å². The van der Waals surface area contributed by atoms with E-state index in [0.717, 1.165) is 35.5 Å². The molecule has 17 heavy (non-hydrogen) atoms. The molecule has 1 fully saturated rings. The highest BCUT2D eigenvalue weighted by Crippen LogP contribution is 2.41. The van der Waals surface area contributed by atoms with Gasteiger partial charge in [-0.1, -0.05) is 24.4 Å². The van der Waals surface area contributed by atoms with Crippen molar-refractivity contribution < 1.29 is 8.94 Å². The first kappa shape index (κ1) is 10.8. The zero-order chi connectivity index (χ0) is 11.9. The Kier molecular flexibility index (Phi) is 2.47. The van der Waals surface area contributed by atoms with Crippen molar-refractivity contribution in [1.29, 1.82) is 0 Å². The highest BCUT2D eigenvalue weighted by atomic mass is 16.5. The van der Waals surface area contributed by atoms with Crippen molar-refractivity contribution in [2.45, 2.75) is 44.4 Å². The summed E-state index contributed by atoms with van der Waals surface area (Å²) in [4.78, 5) is 0. The monoisotopic (exact) mass is 234 g/mol. The molecule has 0 aliphatic heterocycles. The van der Waals surface area contributed by atoms with Crippen LogP contribution in [0, 0.1) is 6.92 Å². The molecule has 1 aliphatic carbocycles. The zero-order valence-corrected chi connectivity index (χ0v) is 10.2. The Morgan fingerprint density at radius 3 is 2.82 bits per heavy atom. The van der Waals surface area contributed by atoms with Crippen molar-refractivity contribution in [2.75, 3.05) is 6.54 Å². The second-order valence-corrected chi connectivity index (χ2v) is 5.13. The molecular weight excluding hydrogens is 216 g/mol. The fraction of sp³-hybridized carbons (Fsp3) is 0.615. The smallest absolute Gasteiger partial charge is 0.205 e. The van der Waals surface area contributed by atoms with Gasteiger partial charge in [-0.05, 0) is 19.8 Å². The lowest BCUT2D eigenvalue weighted by Gasteiger charge is -2.33. The van der Waals surface area contributed by atoms with Crippen LogP contribution in [-0.2, 0) is 5.41 Å². The quantitative estimate of drug-likeness (QED) is 0.867. The van der Waals surface area contributed by atoms with Gasteiger partial charge in [-0.25, -0.2) is 0 Å². The van der Waals surface area contributed by atoms with Gasteiger partial charge in [0.05, 0.1) is 0 Å². The highest BCUT2D eigenvalue weighted by Gasteiger charge is 2.38. The number of hydrogen-bond donors (Lipinski definition) is 1. The summed E-state index contributed by atoms with van der Waals surface area (Å²) in [6, 6.07) is 1.89. The molecule has 1 aliphatic rings. The lowest BCUT2D eigenvalue weighted by molar-refractivity contribution is 0.279. The minimum Gasteiger partial charge on any atom is -0.456 e. The summed E-state index contributed by atoms with van der Waals surface area (Å²) >= 11 is 0. The summed E-state index contributed by atoms with van der Waals surface area (Å²) in [6.45, 7) is 2.55. The van der Waals surface area contributed by atoms with Gasteiger partial charge in [0.15, 0.2) is 5.58 Å². The molecule has 0 radical (unpaired) electrons. The van der Waals surface area contributed by atoms with Crippen molar-refractivity contribution in [2.24, 2.45) is 5.73 Å². The lowest BCUT2D eigenvalue weighted by Crippen LogP contribution is -2.37. The van der Waals surface area contributed by atoms with Crippen molar-refractivity contribution in [1.82, 2.24) is 5.16 Å². The van der Waals surface area contributed by atoms with Gasteiger partial charge in [-0.2, -0.15) is 0 Å². The van der Waals surface area contributed by atoms with Gasteiger partial charge in [0.25, 0.3) is 0 Å². The lowest BCUT2D eigenvalue weighted by atomic mass is 9.71. The van der Waals surface area contributed by atoms with E-state index in [9.17, 15) is 0 Å². The Morgan fingerprint density at radius 1 is 1.35 bits per heavy atom. The largest absolute Gasteiger partial charge is 0.456 e. The topological polar surface area (TPSA) is 65.2 Å². The molecule has 0 unspecified atom stereocenters. The SMILES string of the molecule is Cc1cc2onc(C3(CN)CCCCC3)c2o1. The van der Waals surface area contributed by atoms with Crippen LogP contribution in [0.15, 0.2) is 15.0 Å². The Morgan fingerprint density at radius 2 is 2.12 bits per heavy atom. The van der Waals surface area contributed by atoms with Gasteiger partial charge < -0.3 is 14.7 Å². The maximum atomic E-state index is 6.00. The summed E-state index contributed by atoms with van der Waals surface area (Å²) in [5.41, 5.74) is 8.45. The number of furan rings is 1. The van der Waals surface area contributed by atoms with Gasteiger partial charge in [-0.3, -0.25) is 0 Å². The van der Waals surface area contributed by atoms with E-state index in [1.807, 2.05) is 13.0 Å². The highest BCUT2D eigenvalue weighted by molar-refractivity contribution is 5.75. The molecule has 92 valence electrons. The molecular formula is C13H18N2O2. The Balaban J connectivity index is 2.11. The first-order valence-electron chi connectivity index (χ1n) is 6.31. The van der Waals surface area contributed by atoms with Crippen LogP contribution in [-0.4, -0.2) is 11.7 Å². The van der Waals surface area contributed by atoms with Crippen LogP contribution in [0.3, 0.4) is 0 Å². The van der Waals surface area contributed by atoms with Crippen LogP contribution in [0.25, 0.3) is 11.2 Å². The number of nitrogens with two attached hydrogens (primary N) is 1. The first-order valence-corrected chi connectivity index (χ1v) is 6.31. The molecule has 2 aromatic rings. The molecule has 3 rings (SSSR count). The third kappa shape index (κ3) is 1.59. The molecule has 2 N–H and O–H groups in total. The van der Waals surface area contributed by atoms with Gasteiger partial charge in [0.1, 0.15) is 11.5 Å². The molecule has 0 bridgehead atoms. The Bertz CT molecular complexity index is 520. The normalized spacial score (nSPS) is 19.9. The maximum Gasteiger partial charge on any atom is 0.205 e. The fourth-order valence-electron chi connectivity index (χ4n) is 2.96. The standard InChI is InChI=1S/C13H18N2O2/c1-9-7-10-11(16-9)12(15-17-10)13(8-14)5-3-2-4-6-13/h7H,2-6,8,14H2,1H3.